The largest absolute Gasteiger partial charge is 0.345 e. The van der Waals surface area contributed by atoms with Gasteiger partial charge < -0.3 is 10.1 Å². The van der Waals surface area contributed by atoms with E-state index in [9.17, 15) is 14.0 Å². The molecule has 0 aliphatic heterocycles. The van der Waals surface area contributed by atoms with Gasteiger partial charge in [-0.3, -0.25) is 4.79 Å². The van der Waals surface area contributed by atoms with E-state index in [-0.39, 0.29) is 12.1 Å². The summed E-state index contributed by atoms with van der Waals surface area (Å²) >= 11 is 0. The minimum Gasteiger partial charge on any atom is -0.345 e. The Hall–Kier alpha value is -1.71. The highest BCUT2D eigenvalue weighted by Gasteiger charge is 2.11. The van der Waals surface area contributed by atoms with E-state index >= 15 is 0 Å². The SMILES string of the molecule is Cc1cccc(C(=O)NCC=O)c1F. The molecule has 1 rings (SSSR count). The third-order valence-electron chi connectivity index (χ3n) is 1.78. The van der Waals surface area contributed by atoms with Gasteiger partial charge in [0, 0.05) is 0 Å². The van der Waals surface area contributed by atoms with Crippen LogP contribution < -0.4 is 5.32 Å². The lowest BCUT2D eigenvalue weighted by molar-refractivity contribution is -0.107. The molecule has 3 nitrogen and oxygen atoms in total. The molecule has 0 bridgehead atoms. The molecule has 0 saturated heterocycles. The Morgan fingerprint density at radius 3 is 2.93 bits per heavy atom. The maximum Gasteiger partial charge on any atom is 0.254 e. The van der Waals surface area contributed by atoms with Gasteiger partial charge in [-0.1, -0.05) is 12.1 Å². The second-order valence-corrected chi connectivity index (χ2v) is 2.81. The second kappa shape index (κ2) is 4.50. The summed E-state index contributed by atoms with van der Waals surface area (Å²) in [4.78, 5) is 21.3. The number of halogens is 1. The standard InChI is InChI=1S/C10H10FNO2/c1-7-3-2-4-8(9(7)11)10(14)12-5-6-13/h2-4,6H,5H2,1H3,(H,12,14). The number of amides is 1. The van der Waals surface area contributed by atoms with Crippen molar-refractivity contribution in [1.29, 1.82) is 0 Å². The van der Waals surface area contributed by atoms with Gasteiger partial charge in [0.05, 0.1) is 12.1 Å². The van der Waals surface area contributed by atoms with Gasteiger partial charge in [0.2, 0.25) is 0 Å². The molecule has 0 spiro atoms. The van der Waals surface area contributed by atoms with Gasteiger partial charge in [-0.15, -0.1) is 0 Å². The number of hydrogen-bond donors (Lipinski definition) is 1. The van der Waals surface area contributed by atoms with Crippen LogP contribution in [0.15, 0.2) is 18.2 Å². The van der Waals surface area contributed by atoms with Crippen molar-refractivity contribution < 1.29 is 14.0 Å². The van der Waals surface area contributed by atoms with Gasteiger partial charge in [0.15, 0.2) is 0 Å². The van der Waals surface area contributed by atoms with Crippen LogP contribution in [-0.4, -0.2) is 18.7 Å². The first-order chi connectivity index (χ1) is 6.66. The van der Waals surface area contributed by atoms with Crippen LogP contribution in [0.5, 0.6) is 0 Å². The number of aryl methyl sites for hydroxylation is 1. The van der Waals surface area contributed by atoms with Gasteiger partial charge in [0.1, 0.15) is 12.1 Å². The lowest BCUT2D eigenvalue weighted by Gasteiger charge is -2.04. The van der Waals surface area contributed by atoms with E-state index in [2.05, 4.69) is 5.32 Å². The van der Waals surface area contributed by atoms with Gasteiger partial charge in [-0.25, -0.2) is 4.39 Å². The van der Waals surface area contributed by atoms with Crippen LogP contribution >= 0.6 is 0 Å². The van der Waals surface area contributed by atoms with Gasteiger partial charge >= 0.3 is 0 Å². The zero-order valence-electron chi connectivity index (χ0n) is 7.71. The fraction of sp³-hybridized carbons (Fsp3) is 0.200. The zero-order chi connectivity index (χ0) is 10.6. The van der Waals surface area contributed by atoms with Gasteiger partial charge in [-0.2, -0.15) is 0 Å². The molecule has 0 heterocycles. The molecule has 1 aromatic rings. The van der Waals surface area contributed by atoms with Gasteiger partial charge in [0.25, 0.3) is 5.91 Å². The topological polar surface area (TPSA) is 46.2 Å². The fourth-order valence-electron chi connectivity index (χ4n) is 1.05. The summed E-state index contributed by atoms with van der Waals surface area (Å²) in [6.07, 6.45) is 0.547. The molecule has 74 valence electrons. The number of nitrogens with one attached hydrogen (secondary N) is 1. The van der Waals surface area contributed by atoms with Gasteiger partial charge in [-0.05, 0) is 18.6 Å². The number of rotatable bonds is 3. The van der Waals surface area contributed by atoms with E-state index in [0.717, 1.165) is 0 Å². The zero-order valence-corrected chi connectivity index (χ0v) is 7.71. The number of benzene rings is 1. The molecule has 0 aromatic heterocycles. The van der Waals surface area contributed by atoms with E-state index in [4.69, 9.17) is 0 Å². The highest BCUT2D eigenvalue weighted by Crippen LogP contribution is 2.11. The quantitative estimate of drug-likeness (QED) is 0.733. The predicted octanol–water partition coefficient (Wildman–Crippen LogP) is 1.06. The fourth-order valence-corrected chi connectivity index (χ4v) is 1.05. The van der Waals surface area contributed by atoms with E-state index in [1.165, 1.54) is 6.07 Å². The Morgan fingerprint density at radius 2 is 2.29 bits per heavy atom. The van der Waals surface area contributed by atoms with Crippen LogP contribution in [-0.2, 0) is 4.79 Å². The molecule has 0 fully saturated rings. The van der Waals surface area contributed by atoms with Crippen molar-refractivity contribution in [2.24, 2.45) is 0 Å². The first-order valence-electron chi connectivity index (χ1n) is 4.13. The Balaban J connectivity index is 2.89. The normalized spacial score (nSPS) is 9.57. The van der Waals surface area contributed by atoms with Crippen molar-refractivity contribution in [2.45, 2.75) is 6.92 Å². The average molecular weight is 195 g/mol. The van der Waals surface area contributed by atoms with Crippen molar-refractivity contribution >= 4 is 12.2 Å². The van der Waals surface area contributed by atoms with E-state index in [1.54, 1.807) is 19.1 Å². The summed E-state index contributed by atoms with van der Waals surface area (Å²) in [7, 11) is 0. The maximum absolute atomic E-state index is 13.3. The summed E-state index contributed by atoms with van der Waals surface area (Å²) in [5.41, 5.74) is 0.371. The van der Waals surface area contributed by atoms with Crippen molar-refractivity contribution in [2.75, 3.05) is 6.54 Å². The molecule has 0 atom stereocenters. The predicted molar refractivity (Wildman–Crippen MR) is 49.5 cm³/mol. The first kappa shape index (κ1) is 10.4. The highest BCUT2D eigenvalue weighted by molar-refractivity contribution is 5.95. The van der Waals surface area contributed by atoms with Crippen molar-refractivity contribution in [1.82, 2.24) is 5.32 Å². The molecule has 0 radical (unpaired) electrons. The Bertz CT molecular complexity index is 363. The van der Waals surface area contributed by atoms with Crippen LogP contribution in [0.1, 0.15) is 15.9 Å². The Kier molecular flexibility index (Phi) is 3.34. The molecule has 0 aliphatic carbocycles. The van der Waals surface area contributed by atoms with E-state index in [0.29, 0.717) is 11.8 Å². The smallest absolute Gasteiger partial charge is 0.254 e. The Morgan fingerprint density at radius 1 is 1.57 bits per heavy atom. The van der Waals surface area contributed by atoms with Crippen molar-refractivity contribution in [3.63, 3.8) is 0 Å². The van der Waals surface area contributed by atoms with Crippen LogP contribution in [0.2, 0.25) is 0 Å². The molecule has 4 heteroatoms. The third-order valence-corrected chi connectivity index (χ3v) is 1.78. The molecule has 0 saturated carbocycles. The summed E-state index contributed by atoms with van der Waals surface area (Å²) < 4.78 is 13.3. The highest BCUT2D eigenvalue weighted by atomic mass is 19.1. The molecule has 1 N–H and O–H groups in total. The van der Waals surface area contributed by atoms with E-state index < -0.39 is 11.7 Å². The minimum absolute atomic E-state index is 0.0353. The molecule has 1 amide bonds. The molecular formula is C10H10FNO2. The lowest BCUT2D eigenvalue weighted by atomic mass is 10.1. The summed E-state index contributed by atoms with van der Waals surface area (Å²) in [6, 6.07) is 4.54. The first-order valence-corrected chi connectivity index (χ1v) is 4.13. The molecule has 0 unspecified atom stereocenters. The summed E-state index contributed by atoms with van der Waals surface area (Å²) in [5.74, 6) is -1.12. The molecule has 1 aromatic carbocycles. The number of carbonyl (C=O) groups is 2. The van der Waals surface area contributed by atoms with Crippen LogP contribution in [0, 0.1) is 12.7 Å². The van der Waals surface area contributed by atoms with Crippen LogP contribution in [0.25, 0.3) is 0 Å². The van der Waals surface area contributed by atoms with Crippen LogP contribution in [0.4, 0.5) is 4.39 Å². The van der Waals surface area contributed by atoms with Crippen molar-refractivity contribution in [3.05, 3.63) is 35.1 Å². The Labute approximate surface area is 80.9 Å². The monoisotopic (exact) mass is 195 g/mol. The minimum atomic E-state index is -0.571. The lowest BCUT2D eigenvalue weighted by Crippen LogP contribution is -2.26. The second-order valence-electron chi connectivity index (χ2n) is 2.81. The third kappa shape index (κ3) is 2.16. The number of aldehydes is 1. The summed E-state index contributed by atoms with van der Waals surface area (Å²) in [6.45, 7) is 1.47. The van der Waals surface area contributed by atoms with Crippen molar-refractivity contribution in [3.8, 4) is 0 Å². The average Bonchev–Trinajstić information content (AvgIpc) is 2.18. The molecule has 0 aliphatic rings. The molecular weight excluding hydrogens is 185 g/mol. The molecule has 14 heavy (non-hydrogen) atoms. The van der Waals surface area contributed by atoms with Crippen LogP contribution in [0.3, 0.4) is 0 Å². The summed E-state index contributed by atoms with van der Waals surface area (Å²) in [5, 5.41) is 2.27. The number of carbonyl (C=O) groups excluding carboxylic acids is 2. The number of hydrogen-bond acceptors (Lipinski definition) is 2. The van der Waals surface area contributed by atoms with E-state index in [1.807, 2.05) is 0 Å². The maximum atomic E-state index is 13.3.